The normalized spacial score (nSPS) is 10.1. The third-order valence-electron chi connectivity index (χ3n) is 2.52. The van der Waals surface area contributed by atoms with Crippen LogP contribution in [0.2, 0.25) is 0 Å². The summed E-state index contributed by atoms with van der Waals surface area (Å²) >= 11 is 0. The van der Waals surface area contributed by atoms with E-state index in [-0.39, 0.29) is 16.7 Å². The molecule has 0 spiro atoms. The first kappa shape index (κ1) is 12.0. The molecule has 0 atom stereocenters. The molecule has 0 fully saturated rings. The highest BCUT2D eigenvalue weighted by Gasteiger charge is 2.15. The van der Waals surface area contributed by atoms with E-state index in [2.05, 4.69) is 4.98 Å². The van der Waals surface area contributed by atoms with Gasteiger partial charge in [0.1, 0.15) is 11.6 Å². The molecule has 90 valence electrons. The van der Waals surface area contributed by atoms with Crippen molar-refractivity contribution in [3.63, 3.8) is 0 Å². The minimum atomic E-state index is -1.07. The fraction of sp³-hybridized carbons (Fsp3) is 0.0769. The number of hydrogen-bond acceptors (Lipinski definition) is 2. The maximum Gasteiger partial charge on any atom is 0.266 e. The highest BCUT2D eigenvalue weighted by Crippen LogP contribution is 2.26. The predicted octanol–water partition coefficient (Wildman–Crippen LogP) is 2.50. The number of aromatic amines is 1. The van der Waals surface area contributed by atoms with Gasteiger partial charge in [0, 0.05) is 16.8 Å². The Hall–Kier alpha value is -2.48. The maximum atomic E-state index is 13.7. The zero-order valence-corrected chi connectivity index (χ0v) is 9.42. The topological polar surface area (TPSA) is 56.6 Å². The fourth-order valence-electron chi connectivity index (χ4n) is 1.72. The highest BCUT2D eigenvalue weighted by molar-refractivity contribution is 5.70. The third kappa shape index (κ3) is 1.89. The fourth-order valence-corrected chi connectivity index (χ4v) is 1.72. The summed E-state index contributed by atoms with van der Waals surface area (Å²) in [6.07, 6.45) is 0. The molecule has 0 saturated carbocycles. The van der Waals surface area contributed by atoms with Crippen molar-refractivity contribution in [2.45, 2.75) is 6.92 Å². The maximum absolute atomic E-state index is 13.7. The summed E-state index contributed by atoms with van der Waals surface area (Å²) in [5.41, 5.74) is -0.379. The van der Waals surface area contributed by atoms with E-state index in [0.29, 0.717) is 5.69 Å². The summed E-state index contributed by atoms with van der Waals surface area (Å²) in [5.74, 6) is -2.09. The lowest BCUT2D eigenvalue weighted by atomic mass is 10.0. The first-order valence-electron chi connectivity index (χ1n) is 5.13. The largest absolute Gasteiger partial charge is 0.325 e. The summed E-state index contributed by atoms with van der Waals surface area (Å²) in [7, 11) is 0. The Morgan fingerprint density at radius 3 is 2.67 bits per heavy atom. The Morgan fingerprint density at radius 2 is 2.00 bits per heavy atom. The number of nitrogens with zero attached hydrogens (tertiary/aromatic N) is 1. The number of pyridine rings is 1. The van der Waals surface area contributed by atoms with E-state index in [1.54, 1.807) is 13.0 Å². The van der Waals surface area contributed by atoms with Gasteiger partial charge in [0.2, 0.25) is 0 Å². The van der Waals surface area contributed by atoms with Crippen molar-refractivity contribution in [2.24, 2.45) is 0 Å². The summed E-state index contributed by atoms with van der Waals surface area (Å²) in [5, 5.41) is 8.93. The van der Waals surface area contributed by atoms with Crippen LogP contribution in [0.3, 0.4) is 0 Å². The van der Waals surface area contributed by atoms with Crippen molar-refractivity contribution in [2.75, 3.05) is 0 Å². The van der Waals surface area contributed by atoms with E-state index < -0.39 is 17.2 Å². The summed E-state index contributed by atoms with van der Waals surface area (Å²) < 4.78 is 26.8. The number of hydrogen-bond donors (Lipinski definition) is 1. The Labute approximate surface area is 101 Å². The van der Waals surface area contributed by atoms with Crippen LogP contribution < -0.4 is 5.56 Å². The number of nitriles is 1. The molecule has 1 aromatic carbocycles. The van der Waals surface area contributed by atoms with Gasteiger partial charge in [-0.05, 0) is 19.1 Å². The molecule has 1 heterocycles. The van der Waals surface area contributed by atoms with Crippen molar-refractivity contribution in [1.29, 1.82) is 5.26 Å². The highest BCUT2D eigenvalue weighted by atomic mass is 19.2. The molecule has 0 unspecified atom stereocenters. The van der Waals surface area contributed by atoms with Gasteiger partial charge in [0.05, 0.1) is 0 Å². The van der Waals surface area contributed by atoms with Crippen LogP contribution >= 0.6 is 0 Å². The predicted molar refractivity (Wildman–Crippen MR) is 61.9 cm³/mol. The molecule has 2 aromatic rings. The van der Waals surface area contributed by atoms with Gasteiger partial charge in [0.25, 0.3) is 5.56 Å². The molecular formula is C13H8F2N2O. The number of aryl methyl sites for hydroxylation is 1. The van der Waals surface area contributed by atoms with Crippen molar-refractivity contribution in [3.05, 3.63) is 57.5 Å². The Balaban J connectivity index is 2.84. The number of benzene rings is 1. The number of nitrogens with one attached hydrogen (secondary N) is 1. The molecule has 0 amide bonds. The molecule has 0 aliphatic heterocycles. The van der Waals surface area contributed by atoms with Crippen LogP contribution in [0, 0.1) is 29.9 Å². The van der Waals surface area contributed by atoms with Crippen LogP contribution in [0.5, 0.6) is 0 Å². The van der Waals surface area contributed by atoms with Crippen LogP contribution in [0.15, 0.2) is 29.1 Å². The van der Waals surface area contributed by atoms with Crippen molar-refractivity contribution >= 4 is 0 Å². The molecule has 0 saturated heterocycles. The van der Waals surface area contributed by atoms with Crippen molar-refractivity contribution in [3.8, 4) is 17.2 Å². The average molecular weight is 246 g/mol. The van der Waals surface area contributed by atoms with Crippen LogP contribution in [0.4, 0.5) is 8.78 Å². The minimum Gasteiger partial charge on any atom is -0.325 e. The van der Waals surface area contributed by atoms with E-state index in [1.807, 2.05) is 0 Å². The standard InChI is InChI=1S/C13H8F2N2O/c1-7-5-9(10(6-16)13(18)17-7)8-3-2-4-11(14)12(8)15/h2-5H,1H3,(H,17,18). The second-order valence-electron chi connectivity index (χ2n) is 3.78. The van der Waals surface area contributed by atoms with Gasteiger partial charge in [-0.1, -0.05) is 12.1 Å². The zero-order valence-electron chi connectivity index (χ0n) is 9.42. The van der Waals surface area contributed by atoms with Crippen LogP contribution in [-0.2, 0) is 0 Å². The Morgan fingerprint density at radius 1 is 1.28 bits per heavy atom. The SMILES string of the molecule is Cc1cc(-c2cccc(F)c2F)c(C#N)c(=O)[nH]1. The lowest BCUT2D eigenvalue weighted by Gasteiger charge is -2.06. The van der Waals surface area contributed by atoms with Gasteiger partial charge in [-0.25, -0.2) is 8.78 Å². The van der Waals surface area contributed by atoms with Gasteiger partial charge in [-0.3, -0.25) is 4.79 Å². The first-order chi connectivity index (χ1) is 8.54. The Bertz CT molecular complexity index is 714. The van der Waals surface area contributed by atoms with Crippen LogP contribution in [0.1, 0.15) is 11.3 Å². The third-order valence-corrected chi connectivity index (χ3v) is 2.52. The molecule has 1 N–H and O–H groups in total. The Kier molecular flexibility index (Phi) is 2.94. The minimum absolute atomic E-state index is 0.0933. The second-order valence-corrected chi connectivity index (χ2v) is 3.78. The van der Waals surface area contributed by atoms with Gasteiger partial charge in [-0.15, -0.1) is 0 Å². The molecule has 0 radical (unpaired) electrons. The van der Waals surface area contributed by atoms with Gasteiger partial charge in [0.15, 0.2) is 11.6 Å². The van der Waals surface area contributed by atoms with E-state index in [0.717, 1.165) is 6.07 Å². The van der Waals surface area contributed by atoms with Crippen molar-refractivity contribution in [1.82, 2.24) is 4.98 Å². The number of rotatable bonds is 1. The van der Waals surface area contributed by atoms with Gasteiger partial charge in [-0.2, -0.15) is 5.26 Å². The number of halogens is 2. The summed E-state index contributed by atoms with van der Waals surface area (Å²) in [6, 6.07) is 6.77. The molecule has 5 heteroatoms. The van der Waals surface area contributed by atoms with Gasteiger partial charge >= 0.3 is 0 Å². The molecule has 3 nitrogen and oxygen atoms in total. The smallest absolute Gasteiger partial charge is 0.266 e. The van der Waals surface area contributed by atoms with Gasteiger partial charge < -0.3 is 4.98 Å². The summed E-state index contributed by atoms with van der Waals surface area (Å²) in [6.45, 7) is 1.60. The molecule has 0 bridgehead atoms. The first-order valence-corrected chi connectivity index (χ1v) is 5.13. The quantitative estimate of drug-likeness (QED) is 0.840. The second kappa shape index (κ2) is 4.41. The van der Waals surface area contributed by atoms with E-state index in [1.165, 1.54) is 18.2 Å². The van der Waals surface area contributed by atoms with E-state index in [9.17, 15) is 13.6 Å². The zero-order chi connectivity index (χ0) is 13.3. The van der Waals surface area contributed by atoms with Crippen LogP contribution in [0.25, 0.3) is 11.1 Å². The molecular weight excluding hydrogens is 238 g/mol. The summed E-state index contributed by atoms with van der Waals surface area (Å²) in [4.78, 5) is 14.0. The average Bonchev–Trinajstić information content (AvgIpc) is 2.32. The van der Waals surface area contributed by atoms with E-state index in [4.69, 9.17) is 5.26 Å². The molecule has 0 aliphatic rings. The number of aromatic nitrogens is 1. The van der Waals surface area contributed by atoms with Crippen molar-refractivity contribution < 1.29 is 8.78 Å². The number of H-pyrrole nitrogens is 1. The lowest BCUT2D eigenvalue weighted by molar-refractivity contribution is 0.511. The molecule has 18 heavy (non-hydrogen) atoms. The lowest BCUT2D eigenvalue weighted by Crippen LogP contribution is -2.13. The molecule has 2 rings (SSSR count). The molecule has 1 aromatic heterocycles. The molecule has 0 aliphatic carbocycles. The monoisotopic (exact) mass is 246 g/mol. The van der Waals surface area contributed by atoms with Crippen LogP contribution in [-0.4, -0.2) is 4.98 Å². The van der Waals surface area contributed by atoms with E-state index >= 15 is 0 Å².